The third-order valence-corrected chi connectivity index (χ3v) is 3.30. The highest BCUT2D eigenvalue weighted by molar-refractivity contribution is 5.47. The highest BCUT2D eigenvalue weighted by Gasteiger charge is 2.13. The van der Waals surface area contributed by atoms with Gasteiger partial charge in [-0.25, -0.2) is 4.98 Å². The fourth-order valence-electron chi connectivity index (χ4n) is 2.37. The van der Waals surface area contributed by atoms with Crippen LogP contribution in [-0.2, 0) is 6.54 Å². The molecule has 3 rings (SSSR count). The van der Waals surface area contributed by atoms with Crippen molar-refractivity contribution in [2.45, 2.75) is 13.5 Å². The largest absolute Gasteiger partial charge is 0.351 e. The number of anilines is 1. The number of hydrogen-bond donors (Lipinski definition) is 1. The minimum atomic E-state index is 0.574. The van der Waals surface area contributed by atoms with Crippen LogP contribution in [0.15, 0.2) is 42.7 Å². The van der Waals surface area contributed by atoms with Gasteiger partial charge in [0.15, 0.2) is 0 Å². The Morgan fingerprint density at radius 3 is 2.81 bits per heavy atom. The first-order chi connectivity index (χ1) is 10.3. The zero-order valence-electron chi connectivity index (χ0n) is 12.0. The van der Waals surface area contributed by atoms with Gasteiger partial charge in [0.05, 0.1) is 0 Å². The maximum atomic E-state index is 5.78. The van der Waals surface area contributed by atoms with Crippen molar-refractivity contribution in [3.05, 3.63) is 54.0 Å². The van der Waals surface area contributed by atoms with Crippen LogP contribution in [0.25, 0.3) is 5.78 Å². The van der Waals surface area contributed by atoms with Crippen LogP contribution >= 0.6 is 0 Å². The molecular formula is C15H18N6. The molecule has 0 spiro atoms. The summed E-state index contributed by atoms with van der Waals surface area (Å²) in [4.78, 5) is 10.7. The maximum absolute atomic E-state index is 5.78. The first kappa shape index (κ1) is 13.5. The highest BCUT2D eigenvalue weighted by Crippen LogP contribution is 2.18. The normalized spacial score (nSPS) is 11.0. The molecular weight excluding hydrogens is 264 g/mol. The number of hydrogen-bond acceptors (Lipinski definition) is 5. The van der Waals surface area contributed by atoms with Crippen LogP contribution in [0.1, 0.15) is 11.3 Å². The molecule has 0 saturated carbocycles. The Balaban J connectivity index is 2.00. The van der Waals surface area contributed by atoms with Crippen molar-refractivity contribution < 1.29 is 0 Å². The lowest BCUT2D eigenvalue weighted by atomic mass is 10.2. The number of rotatable bonds is 5. The summed E-state index contributed by atoms with van der Waals surface area (Å²) in [5, 5.41) is 4.27. The van der Waals surface area contributed by atoms with E-state index in [4.69, 9.17) is 5.73 Å². The third-order valence-electron chi connectivity index (χ3n) is 3.30. The molecule has 0 aliphatic carbocycles. The zero-order chi connectivity index (χ0) is 14.7. The van der Waals surface area contributed by atoms with Crippen LogP contribution in [0.3, 0.4) is 0 Å². The number of benzene rings is 1. The van der Waals surface area contributed by atoms with Crippen molar-refractivity contribution in [2.75, 3.05) is 18.0 Å². The van der Waals surface area contributed by atoms with Gasteiger partial charge in [-0.05, 0) is 12.5 Å². The van der Waals surface area contributed by atoms with E-state index in [1.54, 1.807) is 4.52 Å². The van der Waals surface area contributed by atoms with E-state index in [2.05, 4.69) is 32.1 Å². The number of aryl methyl sites for hydroxylation is 1. The molecule has 1 aromatic carbocycles. The Hall–Kier alpha value is -2.47. The molecule has 0 aliphatic rings. The number of aromatic nitrogens is 4. The minimum absolute atomic E-state index is 0.574. The van der Waals surface area contributed by atoms with Crippen LogP contribution in [-0.4, -0.2) is 32.7 Å². The summed E-state index contributed by atoms with van der Waals surface area (Å²) in [5.74, 6) is 1.57. The second-order valence-electron chi connectivity index (χ2n) is 4.92. The van der Waals surface area contributed by atoms with Crippen LogP contribution in [0.4, 0.5) is 5.82 Å². The lowest BCUT2D eigenvalue weighted by Gasteiger charge is -2.24. The summed E-state index contributed by atoms with van der Waals surface area (Å²) in [5.41, 5.74) is 7.92. The molecule has 2 heterocycles. The molecule has 0 atom stereocenters. The predicted octanol–water partition coefficient (Wildman–Crippen LogP) is 1.40. The number of fused-ring (bicyclic) bond motifs is 1. The van der Waals surface area contributed by atoms with E-state index in [1.807, 2.05) is 31.2 Å². The van der Waals surface area contributed by atoms with E-state index in [1.165, 1.54) is 11.9 Å². The zero-order valence-corrected chi connectivity index (χ0v) is 12.0. The van der Waals surface area contributed by atoms with Crippen LogP contribution in [0, 0.1) is 6.92 Å². The average Bonchev–Trinajstić information content (AvgIpc) is 2.95. The Morgan fingerprint density at radius 2 is 2.05 bits per heavy atom. The van der Waals surface area contributed by atoms with Crippen LogP contribution in [0.2, 0.25) is 0 Å². The van der Waals surface area contributed by atoms with Gasteiger partial charge in [-0.3, -0.25) is 0 Å². The summed E-state index contributed by atoms with van der Waals surface area (Å²) >= 11 is 0. The van der Waals surface area contributed by atoms with Crippen molar-refractivity contribution >= 4 is 11.6 Å². The standard InChI is InChI=1S/C15H18N6/c1-12-9-14(21-15(19-12)17-11-18-21)20(8-7-16)10-13-5-3-2-4-6-13/h2-6,9,11H,7-8,10,16H2,1H3. The Labute approximate surface area is 123 Å². The van der Waals surface area contributed by atoms with E-state index in [0.717, 1.165) is 24.6 Å². The second-order valence-corrected chi connectivity index (χ2v) is 4.92. The predicted molar refractivity (Wildman–Crippen MR) is 82.1 cm³/mol. The molecule has 0 unspecified atom stereocenters. The minimum Gasteiger partial charge on any atom is -0.351 e. The monoisotopic (exact) mass is 282 g/mol. The fraction of sp³-hybridized carbons (Fsp3) is 0.267. The van der Waals surface area contributed by atoms with Gasteiger partial charge in [-0.15, -0.1) is 0 Å². The molecule has 6 heteroatoms. The first-order valence-corrected chi connectivity index (χ1v) is 6.94. The topological polar surface area (TPSA) is 72.3 Å². The first-order valence-electron chi connectivity index (χ1n) is 6.94. The van der Waals surface area contributed by atoms with Crippen molar-refractivity contribution in [3.8, 4) is 0 Å². The van der Waals surface area contributed by atoms with Gasteiger partial charge in [0.25, 0.3) is 5.78 Å². The second kappa shape index (κ2) is 5.88. The molecule has 108 valence electrons. The Kier molecular flexibility index (Phi) is 3.79. The molecule has 0 radical (unpaired) electrons. The average molecular weight is 282 g/mol. The molecule has 0 fully saturated rings. The Bertz CT molecular complexity index is 721. The van der Waals surface area contributed by atoms with Gasteiger partial charge >= 0.3 is 0 Å². The molecule has 6 nitrogen and oxygen atoms in total. The van der Waals surface area contributed by atoms with E-state index < -0.39 is 0 Å². The SMILES string of the molecule is Cc1cc(N(CCN)Cc2ccccc2)n2ncnc2n1. The summed E-state index contributed by atoms with van der Waals surface area (Å²) < 4.78 is 1.76. The molecule has 0 amide bonds. The maximum Gasteiger partial charge on any atom is 0.254 e. The van der Waals surface area contributed by atoms with E-state index >= 15 is 0 Å². The van der Waals surface area contributed by atoms with Gasteiger partial charge in [0.1, 0.15) is 12.1 Å². The highest BCUT2D eigenvalue weighted by atomic mass is 15.4. The van der Waals surface area contributed by atoms with E-state index in [-0.39, 0.29) is 0 Å². The van der Waals surface area contributed by atoms with Gasteiger partial charge in [-0.1, -0.05) is 30.3 Å². The van der Waals surface area contributed by atoms with Crippen molar-refractivity contribution in [1.29, 1.82) is 0 Å². The van der Waals surface area contributed by atoms with E-state index in [0.29, 0.717) is 12.3 Å². The summed E-state index contributed by atoms with van der Waals surface area (Å²) in [7, 11) is 0. The third kappa shape index (κ3) is 2.85. The number of nitrogens with zero attached hydrogens (tertiary/aromatic N) is 5. The van der Waals surface area contributed by atoms with Gasteiger partial charge < -0.3 is 10.6 Å². The molecule has 0 aliphatic heterocycles. The van der Waals surface area contributed by atoms with Crippen LogP contribution in [0.5, 0.6) is 0 Å². The van der Waals surface area contributed by atoms with Gasteiger partial charge in [0, 0.05) is 31.4 Å². The smallest absolute Gasteiger partial charge is 0.254 e. The Morgan fingerprint density at radius 1 is 1.24 bits per heavy atom. The van der Waals surface area contributed by atoms with Crippen molar-refractivity contribution in [3.63, 3.8) is 0 Å². The van der Waals surface area contributed by atoms with Crippen LogP contribution < -0.4 is 10.6 Å². The molecule has 0 saturated heterocycles. The molecule has 3 aromatic rings. The number of nitrogens with two attached hydrogens (primary N) is 1. The summed E-state index contributed by atoms with van der Waals surface area (Å²) in [6.45, 7) is 4.05. The van der Waals surface area contributed by atoms with Crippen molar-refractivity contribution in [1.82, 2.24) is 19.6 Å². The molecule has 0 bridgehead atoms. The lowest BCUT2D eigenvalue weighted by molar-refractivity contribution is 0.746. The molecule has 2 N–H and O–H groups in total. The summed E-state index contributed by atoms with van der Waals surface area (Å²) in [6, 6.07) is 12.3. The van der Waals surface area contributed by atoms with Crippen molar-refractivity contribution in [2.24, 2.45) is 5.73 Å². The van der Waals surface area contributed by atoms with Gasteiger partial charge in [-0.2, -0.15) is 14.6 Å². The molecule has 21 heavy (non-hydrogen) atoms. The lowest BCUT2D eigenvalue weighted by Crippen LogP contribution is -2.31. The fourth-order valence-corrected chi connectivity index (χ4v) is 2.37. The summed E-state index contributed by atoms with van der Waals surface area (Å²) in [6.07, 6.45) is 1.52. The van der Waals surface area contributed by atoms with E-state index in [9.17, 15) is 0 Å². The van der Waals surface area contributed by atoms with Gasteiger partial charge in [0.2, 0.25) is 0 Å². The quantitative estimate of drug-likeness (QED) is 0.766. The molecule has 2 aromatic heterocycles.